The van der Waals surface area contributed by atoms with Gasteiger partial charge in [-0.15, -0.1) is 5.10 Å². The maximum atomic E-state index is 12.7. The van der Waals surface area contributed by atoms with Gasteiger partial charge in [0.2, 0.25) is 5.96 Å². The Morgan fingerprint density at radius 1 is 0.812 bits per heavy atom. The minimum atomic E-state index is -0.327. The van der Waals surface area contributed by atoms with E-state index in [2.05, 4.69) is 26.0 Å². The topological polar surface area (TPSA) is 78.2 Å². The van der Waals surface area contributed by atoms with Crippen molar-refractivity contribution in [3.05, 3.63) is 105 Å². The van der Waals surface area contributed by atoms with Gasteiger partial charge in [-0.05, 0) is 61.4 Å². The van der Waals surface area contributed by atoms with Crippen LogP contribution in [0.4, 0.5) is 0 Å². The van der Waals surface area contributed by atoms with E-state index in [4.69, 9.17) is 23.2 Å². The molecule has 32 heavy (non-hydrogen) atoms. The molecule has 6 nitrogen and oxygen atoms in total. The van der Waals surface area contributed by atoms with Crippen molar-refractivity contribution in [1.82, 2.24) is 10.7 Å². The number of guanidine groups is 1. The molecule has 0 saturated heterocycles. The van der Waals surface area contributed by atoms with Crippen LogP contribution in [-0.2, 0) is 0 Å². The van der Waals surface area contributed by atoms with Crippen molar-refractivity contribution >= 4 is 47.5 Å². The standard InChI is InChI=1S/C24H21Cl2N5O/c1-16-11-17(2)13-20(12-16)23(32)29-24(30-27-14-18-3-7-21(25)8-4-18)31-28-15-19-5-9-22(26)10-6-19/h3-15H,1-2H3,(H2,29,30,31,32)/b27-14+,28-15+. The van der Waals surface area contributed by atoms with E-state index in [1.165, 1.54) is 0 Å². The predicted molar refractivity (Wildman–Crippen MR) is 132 cm³/mol. The Morgan fingerprint density at radius 2 is 1.34 bits per heavy atom. The molecule has 0 saturated carbocycles. The number of hydrogen-bond acceptors (Lipinski definition) is 4. The zero-order valence-electron chi connectivity index (χ0n) is 17.5. The summed E-state index contributed by atoms with van der Waals surface area (Å²) in [5.41, 5.74) is 6.85. The maximum absolute atomic E-state index is 12.7. The number of nitrogens with one attached hydrogen (secondary N) is 2. The first-order chi connectivity index (χ1) is 15.4. The van der Waals surface area contributed by atoms with Crippen LogP contribution in [-0.4, -0.2) is 24.3 Å². The Morgan fingerprint density at radius 3 is 1.91 bits per heavy atom. The van der Waals surface area contributed by atoms with Crippen LogP contribution in [0.2, 0.25) is 10.0 Å². The molecule has 0 heterocycles. The Labute approximate surface area is 196 Å². The number of rotatable bonds is 5. The molecule has 0 aliphatic carbocycles. The molecule has 0 spiro atoms. The SMILES string of the molecule is Cc1cc(C)cc(C(=O)NC(=N/N=C/c2ccc(Cl)cc2)N/N=C/c2ccc(Cl)cc2)c1. The number of aryl methyl sites for hydroxylation is 2. The lowest BCUT2D eigenvalue weighted by Gasteiger charge is -2.08. The van der Waals surface area contributed by atoms with Crippen LogP contribution in [0, 0.1) is 13.8 Å². The van der Waals surface area contributed by atoms with Gasteiger partial charge < -0.3 is 0 Å². The maximum Gasteiger partial charge on any atom is 0.258 e. The van der Waals surface area contributed by atoms with Crippen LogP contribution in [0.5, 0.6) is 0 Å². The van der Waals surface area contributed by atoms with Crippen molar-refractivity contribution in [2.24, 2.45) is 15.3 Å². The highest BCUT2D eigenvalue weighted by Gasteiger charge is 2.10. The third-order valence-electron chi connectivity index (χ3n) is 4.20. The van der Waals surface area contributed by atoms with E-state index in [0.29, 0.717) is 15.6 Å². The summed E-state index contributed by atoms with van der Waals surface area (Å²) in [5, 5.41) is 16.2. The van der Waals surface area contributed by atoms with E-state index in [1.54, 1.807) is 61.0 Å². The van der Waals surface area contributed by atoms with Gasteiger partial charge in [0, 0.05) is 15.6 Å². The van der Waals surface area contributed by atoms with Crippen LogP contribution in [0.3, 0.4) is 0 Å². The van der Waals surface area contributed by atoms with Crippen molar-refractivity contribution < 1.29 is 4.79 Å². The van der Waals surface area contributed by atoms with Gasteiger partial charge in [0.1, 0.15) is 0 Å². The van der Waals surface area contributed by atoms with Gasteiger partial charge in [0.15, 0.2) is 0 Å². The van der Waals surface area contributed by atoms with Gasteiger partial charge in [-0.3, -0.25) is 10.1 Å². The number of hydrazone groups is 1. The van der Waals surface area contributed by atoms with E-state index in [1.807, 2.05) is 32.0 Å². The summed E-state index contributed by atoms with van der Waals surface area (Å²) < 4.78 is 0. The highest BCUT2D eigenvalue weighted by Crippen LogP contribution is 2.10. The highest BCUT2D eigenvalue weighted by atomic mass is 35.5. The lowest BCUT2D eigenvalue weighted by Crippen LogP contribution is -2.38. The monoisotopic (exact) mass is 465 g/mol. The van der Waals surface area contributed by atoms with Crippen molar-refractivity contribution in [2.45, 2.75) is 13.8 Å². The normalized spacial score (nSPS) is 11.8. The predicted octanol–water partition coefficient (Wildman–Crippen LogP) is 5.35. The first kappa shape index (κ1) is 23.2. The fraction of sp³-hybridized carbons (Fsp3) is 0.0833. The lowest BCUT2D eigenvalue weighted by atomic mass is 10.1. The molecule has 3 rings (SSSR count). The van der Waals surface area contributed by atoms with E-state index >= 15 is 0 Å². The second-order valence-electron chi connectivity index (χ2n) is 7.00. The summed E-state index contributed by atoms with van der Waals surface area (Å²) in [6.45, 7) is 3.87. The van der Waals surface area contributed by atoms with E-state index in [-0.39, 0.29) is 11.9 Å². The largest absolute Gasteiger partial charge is 0.290 e. The second-order valence-corrected chi connectivity index (χ2v) is 7.87. The average molecular weight is 466 g/mol. The number of hydrogen-bond donors (Lipinski definition) is 2. The van der Waals surface area contributed by atoms with Gasteiger partial charge >= 0.3 is 0 Å². The molecular weight excluding hydrogens is 445 g/mol. The molecule has 3 aromatic rings. The first-order valence-corrected chi connectivity index (χ1v) is 10.5. The molecule has 8 heteroatoms. The Kier molecular flexibility index (Phi) is 8.14. The summed E-state index contributed by atoms with van der Waals surface area (Å²) in [4.78, 5) is 12.7. The molecule has 0 bridgehead atoms. The molecule has 1 amide bonds. The molecule has 0 aliphatic rings. The Hall–Kier alpha value is -3.48. The Balaban J connectivity index is 1.77. The van der Waals surface area contributed by atoms with E-state index < -0.39 is 0 Å². The number of halogens is 2. The van der Waals surface area contributed by atoms with Gasteiger partial charge in [-0.1, -0.05) is 64.7 Å². The van der Waals surface area contributed by atoms with Crippen LogP contribution in [0.1, 0.15) is 32.6 Å². The minimum Gasteiger partial charge on any atom is -0.290 e. The molecule has 0 radical (unpaired) electrons. The number of nitrogens with zero attached hydrogens (tertiary/aromatic N) is 3. The molecule has 3 aromatic carbocycles. The van der Waals surface area contributed by atoms with E-state index in [9.17, 15) is 4.79 Å². The summed E-state index contributed by atoms with van der Waals surface area (Å²) in [6.07, 6.45) is 3.13. The van der Waals surface area contributed by atoms with Crippen LogP contribution in [0.25, 0.3) is 0 Å². The fourth-order valence-corrected chi connectivity index (χ4v) is 3.03. The third-order valence-corrected chi connectivity index (χ3v) is 4.71. The van der Waals surface area contributed by atoms with Crippen molar-refractivity contribution in [3.63, 3.8) is 0 Å². The van der Waals surface area contributed by atoms with Crippen molar-refractivity contribution in [1.29, 1.82) is 0 Å². The van der Waals surface area contributed by atoms with Gasteiger partial charge in [0.25, 0.3) is 5.91 Å². The van der Waals surface area contributed by atoms with Crippen LogP contribution in [0.15, 0.2) is 82.0 Å². The van der Waals surface area contributed by atoms with E-state index in [0.717, 1.165) is 22.3 Å². The summed E-state index contributed by atoms with van der Waals surface area (Å²) in [5.74, 6) is -0.254. The third kappa shape index (κ3) is 7.34. The van der Waals surface area contributed by atoms with Crippen molar-refractivity contribution in [2.75, 3.05) is 0 Å². The number of carbonyl (C=O) groups excluding carboxylic acids is 1. The van der Waals surface area contributed by atoms with Crippen LogP contribution < -0.4 is 10.7 Å². The smallest absolute Gasteiger partial charge is 0.258 e. The molecule has 0 aliphatic heterocycles. The summed E-state index contributed by atoms with van der Waals surface area (Å²) in [6, 6.07) is 19.9. The van der Waals surface area contributed by atoms with Gasteiger partial charge in [0.05, 0.1) is 12.4 Å². The number of carbonyl (C=O) groups is 1. The van der Waals surface area contributed by atoms with Gasteiger partial charge in [-0.2, -0.15) is 10.2 Å². The molecule has 0 unspecified atom stereocenters. The fourth-order valence-electron chi connectivity index (χ4n) is 2.78. The Bertz CT molecular complexity index is 1150. The van der Waals surface area contributed by atoms with Crippen LogP contribution >= 0.6 is 23.2 Å². The quantitative estimate of drug-likeness (QED) is 0.302. The van der Waals surface area contributed by atoms with Crippen molar-refractivity contribution in [3.8, 4) is 0 Å². The lowest BCUT2D eigenvalue weighted by molar-refractivity contribution is 0.0975. The molecule has 0 fully saturated rings. The first-order valence-electron chi connectivity index (χ1n) is 9.70. The number of benzene rings is 3. The molecule has 0 aromatic heterocycles. The second kappa shape index (κ2) is 11.2. The zero-order chi connectivity index (χ0) is 22.9. The minimum absolute atomic E-state index is 0.0737. The molecule has 2 N–H and O–H groups in total. The average Bonchev–Trinajstić information content (AvgIpc) is 2.75. The molecule has 0 atom stereocenters. The zero-order valence-corrected chi connectivity index (χ0v) is 19.0. The molecule has 162 valence electrons. The summed E-state index contributed by atoms with van der Waals surface area (Å²) >= 11 is 11.8. The highest BCUT2D eigenvalue weighted by molar-refractivity contribution is 6.30. The summed E-state index contributed by atoms with van der Waals surface area (Å²) in [7, 11) is 0. The molecular formula is C24H21Cl2N5O. The van der Waals surface area contributed by atoms with Gasteiger partial charge in [-0.25, -0.2) is 5.43 Å². The number of amides is 1.